The Morgan fingerprint density at radius 1 is 1.27 bits per heavy atom. The van der Waals surface area contributed by atoms with Crippen molar-refractivity contribution in [1.29, 1.82) is 5.26 Å². The maximum Gasteiger partial charge on any atom is 0.491 e. The van der Waals surface area contributed by atoms with E-state index >= 15 is 0 Å². The predicted octanol–water partition coefficient (Wildman–Crippen LogP) is 4.04. The second-order valence-electron chi connectivity index (χ2n) is 9.83. The average Bonchev–Trinajstić information content (AvgIpc) is 2.88. The van der Waals surface area contributed by atoms with Crippen molar-refractivity contribution in [2.45, 2.75) is 45.8 Å². The number of nitriles is 1. The fraction of sp³-hybridized carbons (Fsp3) is 0.462. The number of carbonyl (C=O) groups excluding carboxylic acids is 3. The summed E-state index contributed by atoms with van der Waals surface area (Å²) in [6, 6.07) is 8.73. The summed E-state index contributed by atoms with van der Waals surface area (Å²) < 4.78 is 40.9. The van der Waals surface area contributed by atoms with Gasteiger partial charge in [-0.25, -0.2) is 9.78 Å². The van der Waals surface area contributed by atoms with E-state index in [0.29, 0.717) is 31.6 Å². The quantitative estimate of drug-likeness (QED) is 0.265. The maximum atomic E-state index is 13.0. The Hall–Kier alpha value is -3.76. The number of alkyl halides is 3. The Morgan fingerprint density at radius 3 is 2.60 bits per heavy atom. The van der Waals surface area contributed by atoms with Gasteiger partial charge in [0.15, 0.2) is 5.82 Å². The minimum absolute atomic E-state index is 0.0848. The van der Waals surface area contributed by atoms with Crippen LogP contribution in [0, 0.1) is 23.2 Å². The van der Waals surface area contributed by atoms with Crippen LogP contribution in [0.5, 0.6) is 0 Å². The fourth-order valence-corrected chi connectivity index (χ4v) is 4.45. The van der Waals surface area contributed by atoms with Crippen molar-refractivity contribution in [2.75, 3.05) is 24.6 Å². The zero-order valence-corrected chi connectivity index (χ0v) is 22.6. The molecule has 1 amide bonds. The third-order valence-electron chi connectivity index (χ3n) is 5.98. The second-order valence-corrected chi connectivity index (χ2v) is 10.2. The van der Waals surface area contributed by atoms with Gasteiger partial charge in [-0.2, -0.15) is 23.4 Å². The molecule has 2 heterocycles. The Bertz CT molecular complexity index is 1270. The Balaban J connectivity index is 1.59. The fourth-order valence-electron chi connectivity index (χ4n) is 4.26. The molecule has 0 bridgehead atoms. The number of amides is 1. The number of halogens is 4. The SMILES string of the molecule is CC(C)CN(NC(=O)c1ccc(CN2CCCC(CC(=O)OC(=O)C(F)(F)F)C2)cc1)c1nc(C#N)ncc1Cl. The van der Waals surface area contributed by atoms with Gasteiger partial charge in [-0.05, 0) is 48.9 Å². The van der Waals surface area contributed by atoms with Gasteiger partial charge in [0.2, 0.25) is 5.82 Å². The highest BCUT2D eigenvalue weighted by molar-refractivity contribution is 6.32. The summed E-state index contributed by atoms with van der Waals surface area (Å²) in [5.41, 5.74) is 4.05. The number of ether oxygens (including phenoxy) is 1. The van der Waals surface area contributed by atoms with Gasteiger partial charge in [0.05, 0.1) is 12.6 Å². The minimum atomic E-state index is -5.21. The molecule has 14 heteroatoms. The lowest BCUT2D eigenvalue weighted by Crippen LogP contribution is -2.45. The van der Waals surface area contributed by atoms with Gasteiger partial charge >= 0.3 is 18.1 Å². The van der Waals surface area contributed by atoms with Crippen molar-refractivity contribution in [2.24, 2.45) is 11.8 Å². The molecule has 214 valence electrons. The molecule has 0 spiro atoms. The summed E-state index contributed by atoms with van der Waals surface area (Å²) in [5.74, 6) is -4.10. The largest absolute Gasteiger partial charge is 0.491 e. The van der Waals surface area contributed by atoms with Gasteiger partial charge in [0, 0.05) is 25.2 Å². The molecular formula is C26H28ClF3N6O4. The summed E-state index contributed by atoms with van der Waals surface area (Å²) in [4.78, 5) is 45.7. The van der Waals surface area contributed by atoms with Gasteiger partial charge in [0.25, 0.3) is 5.91 Å². The molecule has 40 heavy (non-hydrogen) atoms. The zero-order valence-electron chi connectivity index (χ0n) is 21.9. The summed E-state index contributed by atoms with van der Waals surface area (Å²) in [7, 11) is 0. The van der Waals surface area contributed by atoms with E-state index in [-0.39, 0.29) is 34.9 Å². The highest BCUT2D eigenvalue weighted by Crippen LogP contribution is 2.24. The van der Waals surface area contributed by atoms with Crippen LogP contribution in [-0.2, 0) is 20.9 Å². The normalized spacial score (nSPS) is 15.8. The number of hydrogen-bond acceptors (Lipinski definition) is 9. The number of nitrogens with zero attached hydrogens (tertiary/aromatic N) is 5. The molecule has 2 aromatic rings. The zero-order chi connectivity index (χ0) is 29.4. The van der Waals surface area contributed by atoms with Crippen LogP contribution >= 0.6 is 11.6 Å². The number of benzene rings is 1. The number of likely N-dealkylation sites (tertiary alicyclic amines) is 1. The summed E-state index contributed by atoms with van der Waals surface area (Å²) in [6.07, 6.45) is -2.84. The number of esters is 2. The standard InChI is InChI=1S/C26H28ClF3N6O4/c1-16(2)13-36(23-20(27)12-32-21(11-31)33-23)34-24(38)19-7-5-17(6-8-19)14-35-9-3-4-18(15-35)10-22(37)40-25(39)26(28,29)30/h5-8,12,16,18H,3-4,9-10,13-15H2,1-2H3,(H,34,38). The molecule has 0 radical (unpaired) electrons. The number of anilines is 1. The molecular weight excluding hydrogens is 553 g/mol. The first-order chi connectivity index (χ1) is 18.8. The molecule has 1 aromatic heterocycles. The molecule has 1 aromatic carbocycles. The summed E-state index contributed by atoms with van der Waals surface area (Å²) >= 11 is 6.23. The van der Waals surface area contributed by atoms with Crippen LogP contribution < -0.4 is 10.4 Å². The topological polar surface area (TPSA) is 129 Å². The van der Waals surface area contributed by atoms with Gasteiger partial charge < -0.3 is 4.74 Å². The molecule has 1 N–H and O–H groups in total. The molecule has 1 atom stereocenters. The van der Waals surface area contributed by atoms with Crippen molar-refractivity contribution >= 4 is 35.3 Å². The highest BCUT2D eigenvalue weighted by Gasteiger charge is 2.42. The molecule has 1 aliphatic heterocycles. The summed E-state index contributed by atoms with van der Waals surface area (Å²) in [6.45, 7) is 5.95. The highest BCUT2D eigenvalue weighted by atomic mass is 35.5. The van der Waals surface area contributed by atoms with E-state index in [1.807, 2.05) is 19.9 Å². The molecule has 3 rings (SSSR count). The number of hydrogen-bond donors (Lipinski definition) is 1. The van der Waals surface area contributed by atoms with Crippen LogP contribution in [0.1, 0.15) is 54.9 Å². The number of aromatic nitrogens is 2. The molecule has 0 saturated carbocycles. The van der Waals surface area contributed by atoms with E-state index in [1.165, 1.54) is 11.2 Å². The van der Waals surface area contributed by atoms with Gasteiger partial charge in [-0.1, -0.05) is 37.6 Å². The second kappa shape index (κ2) is 13.5. The Morgan fingerprint density at radius 2 is 1.98 bits per heavy atom. The number of piperidine rings is 1. The third-order valence-corrected chi connectivity index (χ3v) is 6.25. The first-order valence-electron chi connectivity index (χ1n) is 12.5. The molecule has 1 unspecified atom stereocenters. The Kier molecular flexibility index (Phi) is 10.4. The van der Waals surface area contributed by atoms with Crippen molar-refractivity contribution in [3.8, 4) is 6.07 Å². The smallest absolute Gasteiger partial charge is 0.386 e. The first kappa shape index (κ1) is 30.8. The van der Waals surface area contributed by atoms with E-state index in [2.05, 4.69) is 25.0 Å². The van der Waals surface area contributed by atoms with E-state index in [4.69, 9.17) is 16.9 Å². The first-order valence-corrected chi connectivity index (χ1v) is 12.9. The van der Waals surface area contributed by atoms with Crippen LogP contribution in [0.15, 0.2) is 30.5 Å². The number of rotatable bonds is 9. The van der Waals surface area contributed by atoms with Crippen LogP contribution in [0.3, 0.4) is 0 Å². The van der Waals surface area contributed by atoms with E-state index in [9.17, 15) is 27.6 Å². The van der Waals surface area contributed by atoms with Crippen molar-refractivity contribution in [1.82, 2.24) is 20.3 Å². The monoisotopic (exact) mass is 580 g/mol. The Labute approximate surface area is 234 Å². The van der Waals surface area contributed by atoms with Crippen LogP contribution in [0.4, 0.5) is 19.0 Å². The van der Waals surface area contributed by atoms with Crippen LogP contribution in [0.2, 0.25) is 5.02 Å². The van der Waals surface area contributed by atoms with Crippen molar-refractivity contribution < 1.29 is 32.3 Å². The van der Waals surface area contributed by atoms with Gasteiger partial charge in [-0.3, -0.25) is 24.9 Å². The lowest BCUT2D eigenvalue weighted by Gasteiger charge is -2.32. The third kappa shape index (κ3) is 8.89. The van der Waals surface area contributed by atoms with E-state index in [1.54, 1.807) is 24.3 Å². The van der Waals surface area contributed by atoms with Crippen LogP contribution in [0.25, 0.3) is 0 Å². The van der Waals surface area contributed by atoms with Crippen molar-refractivity contribution in [3.05, 3.63) is 52.4 Å². The van der Waals surface area contributed by atoms with Crippen molar-refractivity contribution in [3.63, 3.8) is 0 Å². The van der Waals surface area contributed by atoms with Crippen LogP contribution in [-0.4, -0.2) is 58.5 Å². The number of hydrazine groups is 1. The van der Waals surface area contributed by atoms with E-state index < -0.39 is 24.0 Å². The number of carbonyl (C=O) groups is 3. The lowest BCUT2D eigenvalue weighted by atomic mass is 9.94. The average molecular weight is 581 g/mol. The molecule has 1 aliphatic rings. The lowest BCUT2D eigenvalue weighted by molar-refractivity contribution is -0.202. The van der Waals surface area contributed by atoms with Gasteiger partial charge in [-0.15, -0.1) is 0 Å². The molecule has 1 saturated heterocycles. The molecule has 1 fully saturated rings. The predicted molar refractivity (Wildman–Crippen MR) is 138 cm³/mol. The minimum Gasteiger partial charge on any atom is -0.386 e. The number of nitrogens with one attached hydrogen (secondary N) is 1. The van der Waals surface area contributed by atoms with Gasteiger partial charge in [0.1, 0.15) is 11.1 Å². The van der Waals surface area contributed by atoms with E-state index in [0.717, 1.165) is 18.5 Å². The summed E-state index contributed by atoms with van der Waals surface area (Å²) in [5, 5.41) is 10.8. The molecule has 10 nitrogen and oxygen atoms in total. The molecule has 0 aliphatic carbocycles. The maximum absolute atomic E-state index is 13.0.